The summed E-state index contributed by atoms with van der Waals surface area (Å²) in [6.07, 6.45) is 8.65. The van der Waals surface area contributed by atoms with Crippen molar-refractivity contribution in [2.24, 2.45) is 5.41 Å². The van der Waals surface area contributed by atoms with Crippen molar-refractivity contribution < 1.29 is 19.8 Å². The molecule has 1 saturated heterocycles. The minimum atomic E-state index is -1.04. The highest BCUT2D eigenvalue weighted by Gasteiger charge is 2.41. The highest BCUT2D eigenvalue weighted by Crippen LogP contribution is 2.44. The van der Waals surface area contributed by atoms with Crippen molar-refractivity contribution in [3.8, 4) is 0 Å². The largest absolute Gasteiger partial charge is 0.481 e. The minimum absolute atomic E-state index is 0.0347. The van der Waals surface area contributed by atoms with Gasteiger partial charge in [0.2, 0.25) is 5.91 Å². The number of hydrogen-bond acceptors (Lipinski definition) is 6. The number of carboxylic acids is 1. The number of aliphatic carboxylic acids is 1. The van der Waals surface area contributed by atoms with Gasteiger partial charge in [-0.05, 0) is 43.2 Å². The molecule has 2 fully saturated rings. The van der Waals surface area contributed by atoms with Crippen LogP contribution in [0.15, 0.2) is 24.5 Å². The van der Waals surface area contributed by atoms with Gasteiger partial charge in [0.25, 0.3) is 0 Å². The Kier molecular flexibility index (Phi) is 5.88. The van der Waals surface area contributed by atoms with Gasteiger partial charge in [-0.3, -0.25) is 9.59 Å². The highest BCUT2D eigenvalue weighted by molar-refractivity contribution is 5.78. The number of carbonyl (C=O) groups is 2. The average Bonchev–Trinajstić information content (AvgIpc) is 3.36. The zero-order valence-electron chi connectivity index (χ0n) is 18.0. The molecule has 3 heterocycles. The third-order valence-corrected chi connectivity index (χ3v) is 6.79. The van der Waals surface area contributed by atoms with E-state index >= 15 is 0 Å². The van der Waals surface area contributed by atoms with Crippen molar-refractivity contribution in [1.82, 2.24) is 19.5 Å². The van der Waals surface area contributed by atoms with Crippen LogP contribution in [0.5, 0.6) is 0 Å². The smallest absolute Gasteiger partial charge is 0.303 e. The Hall–Kier alpha value is -2.68. The van der Waals surface area contributed by atoms with Crippen LogP contribution in [0, 0.1) is 5.41 Å². The number of fused-ring (bicyclic) bond motifs is 1. The maximum atomic E-state index is 13.0. The molecule has 9 heteroatoms. The quantitative estimate of drug-likeness (QED) is 0.692. The van der Waals surface area contributed by atoms with E-state index < -0.39 is 17.0 Å². The fourth-order valence-corrected chi connectivity index (χ4v) is 5.26. The fraction of sp³-hybridized carbons (Fsp3) is 0.636. The van der Waals surface area contributed by atoms with Gasteiger partial charge < -0.3 is 20.0 Å². The first-order chi connectivity index (χ1) is 14.8. The number of piperidine rings is 1. The monoisotopic (exact) mass is 429 g/mol. The Morgan fingerprint density at radius 2 is 1.94 bits per heavy atom. The van der Waals surface area contributed by atoms with Crippen LogP contribution in [0.1, 0.15) is 51.4 Å². The average molecular weight is 430 g/mol. The summed E-state index contributed by atoms with van der Waals surface area (Å²) in [4.78, 5) is 32.1. The van der Waals surface area contributed by atoms with Crippen LogP contribution in [0.4, 0.5) is 5.82 Å². The van der Waals surface area contributed by atoms with Crippen LogP contribution in [-0.4, -0.2) is 73.9 Å². The number of anilines is 1. The van der Waals surface area contributed by atoms with Crippen LogP contribution in [0.3, 0.4) is 0 Å². The third kappa shape index (κ3) is 4.81. The second kappa shape index (κ2) is 8.45. The Balaban J connectivity index is 1.41. The summed E-state index contributed by atoms with van der Waals surface area (Å²) in [7, 11) is 1.71. The maximum absolute atomic E-state index is 13.0. The number of aliphatic hydroxyl groups is 1. The van der Waals surface area contributed by atoms with Crippen molar-refractivity contribution in [1.29, 1.82) is 0 Å². The minimum Gasteiger partial charge on any atom is -0.481 e. The zero-order valence-corrected chi connectivity index (χ0v) is 18.0. The molecule has 0 radical (unpaired) electrons. The van der Waals surface area contributed by atoms with Crippen LogP contribution < -0.4 is 4.90 Å². The van der Waals surface area contributed by atoms with Crippen molar-refractivity contribution in [2.45, 2.75) is 57.0 Å². The SMILES string of the molecule is CN(CC1(O)CCCN(c2ccc3nccn3n2)C1)C(=O)CC1(CC(=O)O)CCCC1. The van der Waals surface area contributed by atoms with E-state index in [9.17, 15) is 19.8 Å². The first-order valence-electron chi connectivity index (χ1n) is 11.0. The van der Waals surface area contributed by atoms with Gasteiger partial charge in [-0.15, -0.1) is 5.10 Å². The lowest BCUT2D eigenvalue weighted by Crippen LogP contribution is -2.55. The van der Waals surface area contributed by atoms with Gasteiger partial charge in [0, 0.05) is 39.0 Å². The molecule has 2 aliphatic rings. The summed E-state index contributed by atoms with van der Waals surface area (Å²) in [5.74, 6) is -0.170. The number of β-amino-alcohol motifs (C(OH)–C–C–N with tert-alkyl or cyclic N) is 1. The molecule has 2 N–H and O–H groups in total. The van der Waals surface area contributed by atoms with E-state index in [1.807, 2.05) is 17.0 Å². The summed E-state index contributed by atoms with van der Waals surface area (Å²) < 4.78 is 1.71. The number of amides is 1. The number of carboxylic acid groups (broad SMARTS) is 1. The van der Waals surface area contributed by atoms with E-state index in [0.717, 1.165) is 50.1 Å². The van der Waals surface area contributed by atoms with E-state index in [1.54, 1.807) is 28.9 Å². The molecule has 1 unspecified atom stereocenters. The topological polar surface area (TPSA) is 111 Å². The lowest BCUT2D eigenvalue weighted by molar-refractivity contribution is -0.142. The molecular weight excluding hydrogens is 398 g/mol. The van der Waals surface area contributed by atoms with Gasteiger partial charge in [-0.25, -0.2) is 9.50 Å². The number of likely N-dealkylation sites (N-methyl/N-ethyl adjacent to an activating group) is 1. The molecule has 4 rings (SSSR count). The normalized spacial score (nSPS) is 23.2. The summed E-state index contributed by atoms with van der Waals surface area (Å²) in [6.45, 7) is 1.39. The second-order valence-electron chi connectivity index (χ2n) is 9.38. The number of nitrogens with zero attached hydrogens (tertiary/aromatic N) is 5. The van der Waals surface area contributed by atoms with Gasteiger partial charge in [0.05, 0.1) is 18.6 Å². The fourth-order valence-electron chi connectivity index (χ4n) is 5.26. The molecule has 1 amide bonds. The molecular formula is C22H31N5O4. The van der Waals surface area contributed by atoms with Crippen molar-refractivity contribution in [3.63, 3.8) is 0 Å². The predicted octanol–water partition coefficient (Wildman–Crippen LogP) is 1.94. The zero-order chi connectivity index (χ0) is 22.1. The third-order valence-electron chi connectivity index (χ3n) is 6.79. The Labute approximate surface area is 181 Å². The van der Waals surface area contributed by atoms with E-state index in [1.165, 1.54) is 0 Å². The van der Waals surface area contributed by atoms with Gasteiger partial charge in [0.1, 0.15) is 5.82 Å². The molecule has 1 saturated carbocycles. The first-order valence-corrected chi connectivity index (χ1v) is 11.0. The number of hydrogen-bond donors (Lipinski definition) is 2. The number of aromatic nitrogens is 3. The van der Waals surface area contributed by atoms with Gasteiger partial charge >= 0.3 is 5.97 Å². The van der Waals surface area contributed by atoms with Gasteiger partial charge in [0.15, 0.2) is 5.65 Å². The number of carbonyl (C=O) groups excluding carboxylic acids is 1. The van der Waals surface area contributed by atoms with E-state index in [0.29, 0.717) is 13.0 Å². The predicted molar refractivity (Wildman–Crippen MR) is 115 cm³/mol. The van der Waals surface area contributed by atoms with E-state index in [4.69, 9.17) is 0 Å². The molecule has 31 heavy (non-hydrogen) atoms. The summed E-state index contributed by atoms with van der Waals surface area (Å²) in [5.41, 5.74) is -0.713. The lowest BCUT2D eigenvalue weighted by Gasteiger charge is -2.42. The van der Waals surface area contributed by atoms with Crippen molar-refractivity contribution >= 4 is 23.3 Å². The number of rotatable bonds is 7. The van der Waals surface area contributed by atoms with Crippen LogP contribution in [0.2, 0.25) is 0 Å². The molecule has 0 spiro atoms. The molecule has 0 bridgehead atoms. The first kappa shape index (κ1) is 21.5. The van der Waals surface area contributed by atoms with Crippen LogP contribution in [0.25, 0.3) is 5.65 Å². The molecule has 168 valence electrons. The second-order valence-corrected chi connectivity index (χ2v) is 9.38. The van der Waals surface area contributed by atoms with E-state index in [2.05, 4.69) is 10.1 Å². The van der Waals surface area contributed by atoms with E-state index in [-0.39, 0.29) is 25.3 Å². The van der Waals surface area contributed by atoms with Crippen LogP contribution >= 0.6 is 0 Å². The molecule has 2 aromatic rings. The summed E-state index contributed by atoms with van der Waals surface area (Å²) >= 11 is 0. The van der Waals surface area contributed by atoms with Gasteiger partial charge in [-0.2, -0.15) is 0 Å². The Morgan fingerprint density at radius 3 is 2.68 bits per heavy atom. The van der Waals surface area contributed by atoms with Crippen LogP contribution in [-0.2, 0) is 9.59 Å². The summed E-state index contributed by atoms with van der Waals surface area (Å²) in [5, 5.41) is 25.2. The molecule has 1 aliphatic carbocycles. The molecule has 9 nitrogen and oxygen atoms in total. The van der Waals surface area contributed by atoms with Crippen molar-refractivity contribution in [3.05, 3.63) is 24.5 Å². The molecule has 0 aromatic carbocycles. The Morgan fingerprint density at radius 1 is 1.16 bits per heavy atom. The lowest BCUT2D eigenvalue weighted by atomic mass is 9.79. The standard InChI is InChI=1S/C22H31N5O4/c1-25(19(28)13-21(14-20(29)30)7-2-3-8-21)15-22(31)9-4-11-26(16-22)18-6-5-17-23-10-12-27(17)24-18/h5-6,10,12,31H,2-4,7-9,11,13-16H2,1H3,(H,29,30). The molecule has 2 aromatic heterocycles. The maximum Gasteiger partial charge on any atom is 0.303 e. The number of imidazole rings is 1. The molecule has 1 aliphatic heterocycles. The summed E-state index contributed by atoms with van der Waals surface area (Å²) in [6, 6.07) is 3.80. The van der Waals surface area contributed by atoms with Crippen molar-refractivity contribution in [2.75, 3.05) is 31.6 Å². The van der Waals surface area contributed by atoms with Gasteiger partial charge in [-0.1, -0.05) is 12.8 Å². The molecule has 1 atom stereocenters. The Bertz CT molecular complexity index is 954. The highest BCUT2D eigenvalue weighted by atomic mass is 16.4.